The second kappa shape index (κ2) is 7.96. The van der Waals surface area contributed by atoms with Gasteiger partial charge in [-0.25, -0.2) is 4.39 Å². The van der Waals surface area contributed by atoms with Crippen LogP contribution in [0.25, 0.3) is 0 Å². The Labute approximate surface area is 125 Å². The molecule has 0 saturated heterocycles. The molecule has 4 heteroatoms. The number of methoxy groups -OCH3 is 1. The zero-order chi connectivity index (χ0) is 14.4. The Morgan fingerprint density at radius 2 is 2.15 bits per heavy atom. The molecule has 0 radical (unpaired) electrons. The monoisotopic (exact) mass is 299 g/mol. The first kappa shape index (κ1) is 15.7. The van der Waals surface area contributed by atoms with Crippen LogP contribution in [-0.4, -0.2) is 26.8 Å². The first-order valence-electron chi connectivity index (χ1n) is 7.37. The van der Waals surface area contributed by atoms with Gasteiger partial charge in [-0.15, -0.1) is 0 Å². The molecule has 1 aliphatic rings. The SMILES string of the molecule is COCCNCC(c1cccc(Cl)c1F)C1CCCC1. The Hall–Kier alpha value is -0.640. The number of nitrogens with one attached hydrogen (secondary N) is 1. The van der Waals surface area contributed by atoms with E-state index in [1.807, 2.05) is 12.1 Å². The van der Waals surface area contributed by atoms with Crippen LogP contribution in [0.3, 0.4) is 0 Å². The Kier molecular flexibility index (Phi) is 6.27. The molecular formula is C16H23ClFNO. The van der Waals surface area contributed by atoms with Gasteiger partial charge >= 0.3 is 0 Å². The van der Waals surface area contributed by atoms with Gasteiger partial charge in [0, 0.05) is 26.1 Å². The topological polar surface area (TPSA) is 21.3 Å². The first-order chi connectivity index (χ1) is 9.74. The standard InChI is InChI=1S/C16H23ClFNO/c1-20-10-9-19-11-14(12-5-2-3-6-12)13-7-4-8-15(17)16(13)18/h4,7-8,12,14,19H,2-3,5-6,9-11H2,1H3. The minimum Gasteiger partial charge on any atom is -0.383 e. The van der Waals surface area contributed by atoms with Crippen molar-refractivity contribution in [1.82, 2.24) is 5.32 Å². The van der Waals surface area contributed by atoms with E-state index in [0.29, 0.717) is 12.5 Å². The summed E-state index contributed by atoms with van der Waals surface area (Å²) in [6.45, 7) is 2.25. The van der Waals surface area contributed by atoms with Crippen LogP contribution in [-0.2, 0) is 4.74 Å². The largest absolute Gasteiger partial charge is 0.383 e. The van der Waals surface area contributed by atoms with Crippen LogP contribution < -0.4 is 5.32 Å². The van der Waals surface area contributed by atoms with Crippen molar-refractivity contribution in [3.05, 3.63) is 34.6 Å². The molecule has 1 aliphatic carbocycles. The molecule has 1 aromatic rings. The summed E-state index contributed by atoms with van der Waals surface area (Å²) in [7, 11) is 1.69. The van der Waals surface area contributed by atoms with E-state index in [-0.39, 0.29) is 16.8 Å². The normalized spacial score (nSPS) is 17.6. The zero-order valence-electron chi connectivity index (χ0n) is 12.0. The van der Waals surface area contributed by atoms with Gasteiger partial charge in [-0.2, -0.15) is 0 Å². The van der Waals surface area contributed by atoms with Crippen molar-refractivity contribution >= 4 is 11.6 Å². The van der Waals surface area contributed by atoms with E-state index in [9.17, 15) is 4.39 Å². The van der Waals surface area contributed by atoms with Crippen LogP contribution in [0.4, 0.5) is 4.39 Å². The Balaban J connectivity index is 2.10. The fourth-order valence-corrected chi connectivity index (χ4v) is 3.31. The van der Waals surface area contributed by atoms with Gasteiger partial charge < -0.3 is 10.1 Å². The molecule has 0 heterocycles. The third-order valence-electron chi connectivity index (χ3n) is 4.20. The van der Waals surface area contributed by atoms with Gasteiger partial charge in [-0.3, -0.25) is 0 Å². The molecule has 1 atom stereocenters. The van der Waals surface area contributed by atoms with Crippen LogP contribution in [0.1, 0.15) is 37.2 Å². The predicted molar refractivity (Wildman–Crippen MR) is 80.9 cm³/mol. The predicted octanol–water partition coefficient (Wildman–Crippen LogP) is 3.99. The van der Waals surface area contributed by atoms with Gasteiger partial charge in [0.25, 0.3) is 0 Å². The molecule has 1 unspecified atom stereocenters. The van der Waals surface area contributed by atoms with E-state index in [2.05, 4.69) is 5.32 Å². The van der Waals surface area contributed by atoms with E-state index in [1.54, 1.807) is 13.2 Å². The Morgan fingerprint density at radius 1 is 1.40 bits per heavy atom. The molecule has 0 spiro atoms. The highest BCUT2D eigenvalue weighted by Gasteiger charge is 2.28. The first-order valence-corrected chi connectivity index (χ1v) is 7.75. The number of ether oxygens (including phenoxy) is 1. The van der Waals surface area contributed by atoms with Gasteiger partial charge in [0.1, 0.15) is 5.82 Å². The number of hydrogen-bond donors (Lipinski definition) is 1. The number of rotatable bonds is 7. The maximum Gasteiger partial charge on any atom is 0.145 e. The van der Waals surface area contributed by atoms with E-state index < -0.39 is 0 Å². The Bertz CT molecular complexity index is 421. The van der Waals surface area contributed by atoms with E-state index in [0.717, 1.165) is 18.7 Å². The molecule has 112 valence electrons. The van der Waals surface area contributed by atoms with Crippen molar-refractivity contribution in [3.8, 4) is 0 Å². The number of benzene rings is 1. The highest BCUT2D eigenvalue weighted by atomic mass is 35.5. The molecule has 20 heavy (non-hydrogen) atoms. The van der Waals surface area contributed by atoms with Crippen molar-refractivity contribution in [2.45, 2.75) is 31.6 Å². The molecular weight excluding hydrogens is 277 g/mol. The van der Waals surface area contributed by atoms with Gasteiger partial charge in [0.15, 0.2) is 0 Å². The molecule has 1 saturated carbocycles. The lowest BCUT2D eigenvalue weighted by atomic mass is 9.84. The van der Waals surface area contributed by atoms with E-state index in [4.69, 9.17) is 16.3 Å². The van der Waals surface area contributed by atoms with E-state index in [1.165, 1.54) is 25.7 Å². The molecule has 0 aliphatic heterocycles. The van der Waals surface area contributed by atoms with Crippen LogP contribution in [0, 0.1) is 11.7 Å². The molecule has 1 fully saturated rings. The quantitative estimate of drug-likeness (QED) is 0.769. The van der Waals surface area contributed by atoms with Crippen LogP contribution in [0.5, 0.6) is 0 Å². The lowest BCUT2D eigenvalue weighted by Gasteiger charge is -2.25. The molecule has 2 nitrogen and oxygen atoms in total. The summed E-state index contributed by atoms with van der Waals surface area (Å²) in [5.41, 5.74) is 0.759. The highest BCUT2D eigenvalue weighted by molar-refractivity contribution is 6.30. The summed E-state index contributed by atoms with van der Waals surface area (Å²) in [6.07, 6.45) is 4.87. The average Bonchev–Trinajstić information content (AvgIpc) is 2.97. The lowest BCUT2D eigenvalue weighted by Crippen LogP contribution is -2.29. The molecule has 0 aromatic heterocycles. The molecule has 1 N–H and O–H groups in total. The number of hydrogen-bond acceptors (Lipinski definition) is 2. The van der Waals surface area contributed by atoms with Gasteiger partial charge in [-0.05, 0) is 30.4 Å². The highest BCUT2D eigenvalue weighted by Crippen LogP contribution is 2.38. The van der Waals surface area contributed by atoms with Gasteiger partial charge in [0.2, 0.25) is 0 Å². The second-order valence-electron chi connectivity index (χ2n) is 5.49. The van der Waals surface area contributed by atoms with Crippen molar-refractivity contribution in [3.63, 3.8) is 0 Å². The Morgan fingerprint density at radius 3 is 2.85 bits per heavy atom. The van der Waals surface area contributed by atoms with Crippen molar-refractivity contribution in [1.29, 1.82) is 0 Å². The lowest BCUT2D eigenvalue weighted by molar-refractivity contribution is 0.197. The summed E-state index contributed by atoms with van der Waals surface area (Å²) in [5, 5.41) is 3.60. The van der Waals surface area contributed by atoms with Crippen LogP contribution >= 0.6 is 11.6 Å². The fraction of sp³-hybridized carbons (Fsp3) is 0.625. The third-order valence-corrected chi connectivity index (χ3v) is 4.49. The van der Waals surface area contributed by atoms with Crippen molar-refractivity contribution < 1.29 is 9.13 Å². The smallest absolute Gasteiger partial charge is 0.145 e. The summed E-state index contributed by atoms with van der Waals surface area (Å²) < 4.78 is 19.3. The van der Waals surface area contributed by atoms with Crippen molar-refractivity contribution in [2.75, 3.05) is 26.8 Å². The molecule has 0 amide bonds. The van der Waals surface area contributed by atoms with Gasteiger partial charge in [-0.1, -0.05) is 36.6 Å². The maximum atomic E-state index is 14.3. The minimum absolute atomic E-state index is 0.202. The summed E-state index contributed by atoms with van der Waals surface area (Å²) >= 11 is 5.93. The molecule has 0 bridgehead atoms. The summed E-state index contributed by atoms with van der Waals surface area (Å²) in [5.74, 6) is 0.505. The molecule has 1 aromatic carbocycles. The van der Waals surface area contributed by atoms with Crippen LogP contribution in [0.15, 0.2) is 18.2 Å². The second-order valence-corrected chi connectivity index (χ2v) is 5.90. The average molecular weight is 300 g/mol. The zero-order valence-corrected chi connectivity index (χ0v) is 12.8. The fourth-order valence-electron chi connectivity index (χ4n) is 3.13. The third kappa shape index (κ3) is 3.94. The maximum absolute atomic E-state index is 14.3. The van der Waals surface area contributed by atoms with E-state index >= 15 is 0 Å². The number of halogens is 2. The minimum atomic E-state index is -0.250. The molecule has 2 rings (SSSR count). The summed E-state index contributed by atoms with van der Waals surface area (Å²) in [6, 6.07) is 5.34. The van der Waals surface area contributed by atoms with Gasteiger partial charge in [0.05, 0.1) is 11.6 Å². The summed E-state index contributed by atoms with van der Waals surface area (Å²) in [4.78, 5) is 0. The van der Waals surface area contributed by atoms with Crippen LogP contribution in [0.2, 0.25) is 5.02 Å². The van der Waals surface area contributed by atoms with Crippen molar-refractivity contribution in [2.24, 2.45) is 5.92 Å².